The quantitative estimate of drug-likeness (QED) is 0.893. The molecule has 0 radical (unpaired) electrons. The largest absolute Gasteiger partial charge is 0.493 e. The molecule has 0 spiro atoms. The molecule has 19 heavy (non-hydrogen) atoms. The first-order valence-electron chi connectivity index (χ1n) is 7.62. The predicted molar refractivity (Wildman–Crippen MR) is 78.7 cm³/mol. The molecule has 1 aromatic carbocycles. The Balaban J connectivity index is 1.65. The molecule has 2 unspecified atom stereocenters. The number of rotatable bonds is 3. The van der Waals surface area contributed by atoms with E-state index < -0.39 is 0 Å². The van der Waals surface area contributed by atoms with Crippen LogP contribution in [0.15, 0.2) is 24.3 Å². The van der Waals surface area contributed by atoms with E-state index >= 15 is 0 Å². The zero-order valence-corrected chi connectivity index (χ0v) is 12.1. The maximum absolute atomic E-state index is 5.74. The van der Waals surface area contributed by atoms with E-state index in [-0.39, 0.29) is 0 Å². The number of fused-ring (bicyclic) bond motifs is 1. The van der Waals surface area contributed by atoms with E-state index in [0.29, 0.717) is 17.4 Å². The van der Waals surface area contributed by atoms with Gasteiger partial charge in [0.2, 0.25) is 0 Å². The minimum atomic E-state index is 0.463. The lowest BCUT2D eigenvalue weighted by Crippen LogP contribution is -2.40. The van der Waals surface area contributed by atoms with Crippen molar-refractivity contribution < 1.29 is 4.74 Å². The highest BCUT2D eigenvalue weighted by Gasteiger charge is 2.34. The first-order valence-corrected chi connectivity index (χ1v) is 7.62. The summed E-state index contributed by atoms with van der Waals surface area (Å²) in [5, 5.41) is 3.83. The number of ether oxygens (including phenoxy) is 1. The highest BCUT2D eigenvalue weighted by atomic mass is 16.5. The summed E-state index contributed by atoms with van der Waals surface area (Å²) in [5.74, 6) is 1.70. The van der Waals surface area contributed by atoms with Crippen LogP contribution in [0, 0.1) is 5.41 Å². The highest BCUT2D eigenvalue weighted by Crippen LogP contribution is 2.38. The second-order valence-corrected chi connectivity index (χ2v) is 6.71. The highest BCUT2D eigenvalue weighted by molar-refractivity contribution is 5.37. The van der Waals surface area contributed by atoms with Gasteiger partial charge in [0.05, 0.1) is 6.61 Å². The second kappa shape index (κ2) is 5.16. The van der Waals surface area contributed by atoms with E-state index in [2.05, 4.69) is 43.4 Å². The van der Waals surface area contributed by atoms with Gasteiger partial charge in [0.15, 0.2) is 0 Å². The average molecular weight is 259 g/mol. The van der Waals surface area contributed by atoms with Crippen molar-refractivity contribution in [1.29, 1.82) is 0 Å². The summed E-state index contributed by atoms with van der Waals surface area (Å²) in [5.41, 5.74) is 1.85. The molecule has 0 aromatic heterocycles. The summed E-state index contributed by atoms with van der Waals surface area (Å²) in [6.07, 6.45) is 5.19. The van der Waals surface area contributed by atoms with Crippen molar-refractivity contribution in [3.8, 4) is 5.75 Å². The van der Waals surface area contributed by atoms with Gasteiger partial charge in [-0.15, -0.1) is 0 Å². The molecule has 2 atom stereocenters. The molecule has 1 N–H and O–H groups in total. The van der Waals surface area contributed by atoms with E-state index in [1.165, 1.54) is 24.8 Å². The van der Waals surface area contributed by atoms with Gasteiger partial charge in [0.1, 0.15) is 5.75 Å². The molecule has 0 saturated heterocycles. The Bertz CT molecular complexity index is 441. The first-order chi connectivity index (χ1) is 9.17. The Hall–Kier alpha value is -1.02. The van der Waals surface area contributed by atoms with Gasteiger partial charge in [-0.2, -0.15) is 0 Å². The molecule has 1 fully saturated rings. The molecule has 1 aliphatic carbocycles. The van der Waals surface area contributed by atoms with Crippen LogP contribution in [-0.2, 0) is 0 Å². The van der Waals surface area contributed by atoms with Crippen LogP contribution in [0.3, 0.4) is 0 Å². The molecule has 2 nitrogen and oxygen atoms in total. The molecule has 1 aliphatic heterocycles. The van der Waals surface area contributed by atoms with E-state index in [4.69, 9.17) is 4.74 Å². The smallest absolute Gasteiger partial charge is 0.122 e. The van der Waals surface area contributed by atoms with Gasteiger partial charge in [-0.25, -0.2) is 0 Å². The van der Waals surface area contributed by atoms with Crippen LogP contribution in [0.1, 0.15) is 51.0 Å². The zero-order valence-electron chi connectivity index (χ0n) is 12.1. The summed E-state index contributed by atoms with van der Waals surface area (Å²) in [6.45, 7) is 6.75. The van der Waals surface area contributed by atoms with Crippen molar-refractivity contribution in [3.05, 3.63) is 29.8 Å². The Morgan fingerprint density at radius 2 is 2.11 bits per heavy atom. The third-order valence-electron chi connectivity index (χ3n) is 4.95. The zero-order chi connectivity index (χ0) is 13.3. The van der Waals surface area contributed by atoms with Gasteiger partial charge >= 0.3 is 0 Å². The number of hydrogen-bond acceptors (Lipinski definition) is 2. The normalized spacial score (nSPS) is 28.7. The van der Waals surface area contributed by atoms with Gasteiger partial charge in [-0.05, 0) is 36.3 Å². The fourth-order valence-electron chi connectivity index (χ4n) is 3.62. The van der Waals surface area contributed by atoms with Crippen molar-refractivity contribution in [3.63, 3.8) is 0 Å². The molecular weight excluding hydrogens is 234 g/mol. The molecule has 3 rings (SSSR count). The molecule has 0 amide bonds. The fraction of sp³-hybridized carbons (Fsp3) is 0.647. The SMILES string of the molecule is CC1(C)CCCC1NCC1CCOc2ccccc21. The van der Waals surface area contributed by atoms with Crippen LogP contribution in [0.2, 0.25) is 0 Å². The lowest BCUT2D eigenvalue weighted by atomic mass is 9.86. The first kappa shape index (κ1) is 13.0. The molecule has 104 valence electrons. The van der Waals surface area contributed by atoms with Crippen molar-refractivity contribution in [2.75, 3.05) is 13.2 Å². The number of nitrogens with one attached hydrogen (secondary N) is 1. The Labute approximate surface area is 116 Å². The van der Waals surface area contributed by atoms with Crippen LogP contribution < -0.4 is 10.1 Å². The topological polar surface area (TPSA) is 21.3 Å². The maximum Gasteiger partial charge on any atom is 0.122 e. The Kier molecular flexibility index (Phi) is 3.53. The van der Waals surface area contributed by atoms with Gasteiger partial charge in [-0.3, -0.25) is 0 Å². The van der Waals surface area contributed by atoms with Crippen LogP contribution in [0.4, 0.5) is 0 Å². The molecular formula is C17H25NO. The van der Waals surface area contributed by atoms with Crippen LogP contribution in [0.25, 0.3) is 0 Å². The fourth-order valence-corrected chi connectivity index (χ4v) is 3.62. The standard InChI is InChI=1S/C17H25NO/c1-17(2)10-5-8-16(17)18-12-13-9-11-19-15-7-4-3-6-14(13)15/h3-4,6-7,13,16,18H,5,8-12H2,1-2H3. The molecule has 1 saturated carbocycles. The average Bonchev–Trinajstić information content (AvgIpc) is 2.75. The Morgan fingerprint density at radius 3 is 2.89 bits per heavy atom. The lowest BCUT2D eigenvalue weighted by Gasteiger charge is -2.32. The van der Waals surface area contributed by atoms with Gasteiger partial charge < -0.3 is 10.1 Å². The monoisotopic (exact) mass is 259 g/mol. The molecule has 1 heterocycles. The third-order valence-corrected chi connectivity index (χ3v) is 4.95. The maximum atomic E-state index is 5.74. The van der Waals surface area contributed by atoms with E-state index in [9.17, 15) is 0 Å². The van der Waals surface area contributed by atoms with E-state index in [0.717, 1.165) is 25.3 Å². The number of benzene rings is 1. The van der Waals surface area contributed by atoms with Crippen LogP contribution in [0.5, 0.6) is 5.75 Å². The Morgan fingerprint density at radius 1 is 1.26 bits per heavy atom. The number of hydrogen-bond donors (Lipinski definition) is 1. The summed E-state index contributed by atoms with van der Waals surface area (Å²) in [4.78, 5) is 0. The lowest BCUT2D eigenvalue weighted by molar-refractivity contribution is 0.244. The van der Waals surface area contributed by atoms with Crippen molar-refractivity contribution in [2.24, 2.45) is 5.41 Å². The van der Waals surface area contributed by atoms with Gasteiger partial charge in [0, 0.05) is 18.5 Å². The minimum absolute atomic E-state index is 0.463. The molecule has 0 bridgehead atoms. The second-order valence-electron chi connectivity index (χ2n) is 6.71. The summed E-state index contributed by atoms with van der Waals surface area (Å²) in [6, 6.07) is 9.19. The molecule has 1 aromatic rings. The summed E-state index contributed by atoms with van der Waals surface area (Å²) < 4.78 is 5.74. The van der Waals surface area contributed by atoms with E-state index in [1.807, 2.05) is 0 Å². The third kappa shape index (κ3) is 2.64. The van der Waals surface area contributed by atoms with Crippen molar-refractivity contribution in [2.45, 2.75) is 51.5 Å². The molecule has 2 heteroatoms. The van der Waals surface area contributed by atoms with Crippen molar-refractivity contribution in [1.82, 2.24) is 5.32 Å². The molecule has 2 aliphatic rings. The summed E-state index contributed by atoms with van der Waals surface area (Å²) >= 11 is 0. The number of para-hydroxylation sites is 1. The summed E-state index contributed by atoms with van der Waals surface area (Å²) in [7, 11) is 0. The van der Waals surface area contributed by atoms with Crippen LogP contribution >= 0.6 is 0 Å². The van der Waals surface area contributed by atoms with Gasteiger partial charge in [-0.1, -0.05) is 38.5 Å². The van der Waals surface area contributed by atoms with Crippen molar-refractivity contribution >= 4 is 0 Å². The minimum Gasteiger partial charge on any atom is -0.493 e. The van der Waals surface area contributed by atoms with Gasteiger partial charge in [0.25, 0.3) is 0 Å². The van der Waals surface area contributed by atoms with Crippen LogP contribution in [-0.4, -0.2) is 19.2 Å². The predicted octanol–water partition coefficient (Wildman–Crippen LogP) is 3.72. The van der Waals surface area contributed by atoms with E-state index in [1.54, 1.807) is 0 Å².